The zero-order valence-electron chi connectivity index (χ0n) is 8.72. The lowest BCUT2D eigenvalue weighted by atomic mass is 10.5. The van der Waals surface area contributed by atoms with E-state index >= 15 is 0 Å². The summed E-state index contributed by atoms with van der Waals surface area (Å²) in [7, 11) is -5.84. The van der Waals surface area contributed by atoms with Crippen LogP contribution >= 0.6 is 0 Å². The van der Waals surface area contributed by atoms with Gasteiger partial charge in [0.2, 0.25) is 0 Å². The molecule has 0 aromatic heterocycles. The SMILES string of the molecule is NCCN1C(=O)C=CC1=O.O=S(=O)(O)C(F)(F)F. The first-order valence-corrected chi connectivity index (χ1v) is 5.72. The zero-order valence-corrected chi connectivity index (χ0v) is 9.53. The third-order valence-electron chi connectivity index (χ3n) is 1.55. The number of carbonyl (C=O) groups excluding carboxylic acids is 2. The molecule has 7 nitrogen and oxygen atoms in total. The maximum atomic E-state index is 10.7. The number of nitrogens with two attached hydrogens (primary N) is 1. The highest BCUT2D eigenvalue weighted by Gasteiger charge is 2.44. The molecule has 104 valence electrons. The molecule has 3 N–H and O–H groups in total. The first-order chi connectivity index (χ1) is 8.00. The molecule has 0 aromatic rings. The van der Waals surface area contributed by atoms with E-state index in [9.17, 15) is 22.8 Å². The van der Waals surface area contributed by atoms with Gasteiger partial charge in [0.05, 0.1) is 0 Å². The summed E-state index contributed by atoms with van der Waals surface area (Å²) in [5.74, 6) is -0.536. The zero-order chi connectivity index (χ0) is 14.6. The van der Waals surface area contributed by atoms with Crippen molar-refractivity contribution in [3.8, 4) is 0 Å². The van der Waals surface area contributed by atoms with Gasteiger partial charge in [0.1, 0.15) is 0 Å². The highest BCUT2D eigenvalue weighted by atomic mass is 32.2. The van der Waals surface area contributed by atoms with E-state index < -0.39 is 15.6 Å². The smallest absolute Gasteiger partial charge is 0.329 e. The minimum Gasteiger partial charge on any atom is -0.329 e. The predicted molar refractivity (Wildman–Crippen MR) is 52.5 cm³/mol. The summed E-state index contributed by atoms with van der Waals surface area (Å²) < 4.78 is 57.5. The van der Waals surface area contributed by atoms with Crippen molar-refractivity contribution >= 4 is 21.9 Å². The molecule has 0 atom stereocenters. The van der Waals surface area contributed by atoms with Crippen molar-refractivity contribution in [2.45, 2.75) is 5.51 Å². The fourth-order valence-corrected chi connectivity index (χ4v) is 0.781. The Labute approximate surface area is 99.8 Å². The van der Waals surface area contributed by atoms with Gasteiger partial charge in [-0.2, -0.15) is 21.6 Å². The first kappa shape index (κ1) is 16.5. The van der Waals surface area contributed by atoms with Gasteiger partial charge in [-0.1, -0.05) is 0 Å². The van der Waals surface area contributed by atoms with Gasteiger partial charge in [-0.15, -0.1) is 0 Å². The highest BCUT2D eigenvalue weighted by Crippen LogP contribution is 2.20. The lowest BCUT2D eigenvalue weighted by Crippen LogP contribution is -2.34. The minimum absolute atomic E-state index is 0.268. The van der Waals surface area contributed by atoms with Gasteiger partial charge in [0, 0.05) is 25.2 Å². The second kappa shape index (κ2) is 5.93. The summed E-state index contributed by atoms with van der Waals surface area (Å²) >= 11 is 0. The van der Waals surface area contributed by atoms with Crippen LogP contribution in [0.2, 0.25) is 0 Å². The van der Waals surface area contributed by atoms with E-state index in [1.807, 2.05) is 0 Å². The molecule has 0 radical (unpaired) electrons. The average molecular weight is 290 g/mol. The lowest BCUT2D eigenvalue weighted by Gasteiger charge is -2.10. The van der Waals surface area contributed by atoms with Crippen LogP contribution in [-0.4, -0.2) is 48.3 Å². The molecule has 0 aliphatic carbocycles. The summed E-state index contributed by atoms with van der Waals surface area (Å²) in [6.07, 6.45) is 2.50. The number of carbonyl (C=O) groups is 2. The van der Waals surface area contributed by atoms with Gasteiger partial charge in [-0.25, -0.2) is 0 Å². The van der Waals surface area contributed by atoms with Crippen LogP contribution < -0.4 is 5.73 Å². The van der Waals surface area contributed by atoms with E-state index in [1.54, 1.807) is 0 Å². The Morgan fingerprint density at radius 3 is 1.78 bits per heavy atom. The van der Waals surface area contributed by atoms with Gasteiger partial charge in [-0.05, 0) is 0 Å². The Balaban J connectivity index is 0.000000331. The molecule has 0 spiro atoms. The number of nitrogens with zero attached hydrogens (tertiary/aromatic N) is 1. The monoisotopic (exact) mass is 290 g/mol. The maximum Gasteiger partial charge on any atom is 0.522 e. The van der Waals surface area contributed by atoms with E-state index in [1.165, 1.54) is 12.2 Å². The second-order valence-corrected chi connectivity index (χ2v) is 4.28. The van der Waals surface area contributed by atoms with E-state index in [4.69, 9.17) is 18.7 Å². The van der Waals surface area contributed by atoms with E-state index in [-0.39, 0.29) is 11.8 Å². The summed E-state index contributed by atoms with van der Waals surface area (Å²) in [4.78, 5) is 22.6. The van der Waals surface area contributed by atoms with Crippen molar-refractivity contribution in [3.63, 3.8) is 0 Å². The molecule has 0 fully saturated rings. The molecule has 1 aliphatic rings. The molecule has 0 aromatic carbocycles. The number of imide groups is 1. The molecular weight excluding hydrogens is 281 g/mol. The van der Waals surface area contributed by atoms with Crippen LogP contribution in [0.4, 0.5) is 13.2 Å². The van der Waals surface area contributed by atoms with Crippen molar-refractivity contribution in [3.05, 3.63) is 12.2 Å². The number of hydrogen-bond donors (Lipinski definition) is 2. The molecule has 1 rings (SSSR count). The Bertz CT molecular complexity index is 438. The molecule has 1 heterocycles. The van der Waals surface area contributed by atoms with Crippen molar-refractivity contribution in [1.82, 2.24) is 4.90 Å². The largest absolute Gasteiger partial charge is 0.522 e. The number of alkyl halides is 3. The van der Waals surface area contributed by atoms with E-state index in [0.29, 0.717) is 13.1 Å². The van der Waals surface area contributed by atoms with Crippen molar-refractivity contribution < 1.29 is 35.7 Å². The van der Waals surface area contributed by atoms with Gasteiger partial charge in [0.25, 0.3) is 11.8 Å². The first-order valence-electron chi connectivity index (χ1n) is 4.28. The Hall–Kier alpha value is -1.46. The highest BCUT2D eigenvalue weighted by molar-refractivity contribution is 7.86. The number of rotatable bonds is 2. The Morgan fingerprint density at radius 1 is 1.22 bits per heavy atom. The molecule has 0 bridgehead atoms. The van der Waals surface area contributed by atoms with Crippen LogP contribution in [0.3, 0.4) is 0 Å². The summed E-state index contributed by atoms with van der Waals surface area (Å²) in [5.41, 5.74) is -0.376. The predicted octanol–water partition coefficient (Wildman–Crippen LogP) is -0.736. The van der Waals surface area contributed by atoms with Crippen molar-refractivity contribution in [2.75, 3.05) is 13.1 Å². The number of hydrogen-bond acceptors (Lipinski definition) is 5. The Morgan fingerprint density at radius 2 is 1.56 bits per heavy atom. The lowest BCUT2D eigenvalue weighted by molar-refractivity contribution is -0.136. The fourth-order valence-electron chi connectivity index (χ4n) is 0.781. The molecule has 0 unspecified atom stereocenters. The molecule has 11 heteroatoms. The van der Waals surface area contributed by atoms with Crippen LogP contribution in [0.5, 0.6) is 0 Å². The summed E-state index contributed by atoms with van der Waals surface area (Å²) in [5, 5.41) is 0. The van der Waals surface area contributed by atoms with Gasteiger partial charge in [-0.3, -0.25) is 19.0 Å². The topological polar surface area (TPSA) is 118 Å². The molecule has 2 amide bonds. The van der Waals surface area contributed by atoms with Crippen LogP contribution in [0.25, 0.3) is 0 Å². The summed E-state index contributed by atoms with van der Waals surface area (Å²) in [6.45, 7) is 0.629. The molecular formula is C7H9F3N2O5S. The molecule has 0 saturated heterocycles. The standard InChI is InChI=1S/C6H8N2O2.CHF3O3S/c7-3-4-8-5(9)1-2-6(8)10;2-1(3,4)8(5,6)7/h1-2H,3-4,7H2;(H,5,6,7). The van der Waals surface area contributed by atoms with Crippen LogP contribution in [0.1, 0.15) is 0 Å². The summed E-state index contributed by atoms with van der Waals surface area (Å²) in [6, 6.07) is 0. The second-order valence-electron chi connectivity index (χ2n) is 2.87. The third-order valence-corrected chi connectivity index (χ3v) is 2.13. The van der Waals surface area contributed by atoms with E-state index in [0.717, 1.165) is 4.90 Å². The maximum absolute atomic E-state index is 10.7. The van der Waals surface area contributed by atoms with Gasteiger partial charge in [0.15, 0.2) is 0 Å². The number of amides is 2. The normalized spacial score (nSPS) is 15.7. The van der Waals surface area contributed by atoms with Crippen LogP contribution in [0.15, 0.2) is 12.2 Å². The van der Waals surface area contributed by atoms with Crippen LogP contribution in [0, 0.1) is 0 Å². The molecule has 1 aliphatic heterocycles. The van der Waals surface area contributed by atoms with Gasteiger partial charge < -0.3 is 5.73 Å². The Kier molecular flexibility index (Phi) is 5.45. The molecule has 18 heavy (non-hydrogen) atoms. The number of halogens is 3. The average Bonchev–Trinajstić information content (AvgIpc) is 2.48. The van der Waals surface area contributed by atoms with Crippen molar-refractivity contribution in [1.29, 1.82) is 0 Å². The minimum atomic E-state index is -5.84. The fraction of sp³-hybridized carbons (Fsp3) is 0.429. The van der Waals surface area contributed by atoms with Gasteiger partial charge >= 0.3 is 15.6 Å². The van der Waals surface area contributed by atoms with Crippen molar-refractivity contribution in [2.24, 2.45) is 5.73 Å². The van der Waals surface area contributed by atoms with E-state index in [2.05, 4.69) is 0 Å². The van der Waals surface area contributed by atoms with Crippen LogP contribution in [-0.2, 0) is 19.7 Å². The third kappa shape index (κ3) is 4.81. The quantitative estimate of drug-likeness (QED) is 0.393. The molecule has 0 saturated carbocycles.